The van der Waals surface area contributed by atoms with Crippen molar-refractivity contribution in [3.63, 3.8) is 0 Å². The van der Waals surface area contributed by atoms with Crippen LogP contribution in [0.1, 0.15) is 41.9 Å². The van der Waals surface area contributed by atoms with Crippen molar-refractivity contribution in [2.45, 2.75) is 43.7 Å². The summed E-state index contributed by atoms with van der Waals surface area (Å²) in [5.74, 6) is -2.18. The van der Waals surface area contributed by atoms with E-state index in [9.17, 15) is 18.4 Å². The predicted molar refractivity (Wildman–Crippen MR) is 125 cm³/mol. The molecule has 3 N–H and O–H groups in total. The van der Waals surface area contributed by atoms with Crippen molar-refractivity contribution < 1.29 is 23.1 Å². The molecular formula is C24H23ClF2N6O3. The fourth-order valence-electron chi connectivity index (χ4n) is 5.52. The van der Waals surface area contributed by atoms with Crippen molar-refractivity contribution in [1.29, 1.82) is 0 Å². The SMILES string of the molecule is COc1cc(-c2cc(C(=O)N3C4CCC3(Cc3ncc(F)cc3Cl)CC(C(N)=O)C4)n[nH]2)c(F)cn1. The summed E-state index contributed by atoms with van der Waals surface area (Å²) < 4.78 is 33.1. The van der Waals surface area contributed by atoms with Gasteiger partial charge in [-0.25, -0.2) is 13.8 Å². The van der Waals surface area contributed by atoms with E-state index in [-0.39, 0.29) is 46.2 Å². The molecule has 5 heterocycles. The number of nitrogens with one attached hydrogen (secondary N) is 1. The molecule has 2 aliphatic rings. The van der Waals surface area contributed by atoms with Gasteiger partial charge in [-0.3, -0.25) is 19.7 Å². The number of hydrogen-bond donors (Lipinski definition) is 2. The largest absolute Gasteiger partial charge is 0.481 e. The Hall–Kier alpha value is -3.60. The van der Waals surface area contributed by atoms with Crippen molar-refractivity contribution in [3.05, 3.63) is 58.6 Å². The first-order chi connectivity index (χ1) is 17.2. The Morgan fingerprint density at radius 2 is 2.08 bits per heavy atom. The molecule has 0 saturated carbocycles. The minimum absolute atomic E-state index is 0.0899. The number of nitrogens with two attached hydrogens (primary N) is 1. The zero-order valence-electron chi connectivity index (χ0n) is 19.3. The molecule has 2 bridgehead atoms. The highest BCUT2D eigenvalue weighted by Gasteiger charge is 2.55. The first-order valence-corrected chi connectivity index (χ1v) is 11.8. The molecule has 2 fully saturated rings. The zero-order valence-corrected chi connectivity index (χ0v) is 20.1. The molecule has 0 aliphatic carbocycles. The third-order valence-corrected chi connectivity index (χ3v) is 7.46. The van der Waals surface area contributed by atoms with Gasteiger partial charge in [-0.15, -0.1) is 0 Å². The fraction of sp³-hybridized carbons (Fsp3) is 0.375. The van der Waals surface area contributed by atoms with Crippen LogP contribution in [0, 0.1) is 17.6 Å². The van der Waals surface area contributed by atoms with Gasteiger partial charge in [0.15, 0.2) is 11.5 Å². The molecule has 3 unspecified atom stereocenters. The Kier molecular flexibility index (Phi) is 6.11. The molecule has 0 spiro atoms. The Morgan fingerprint density at radius 3 is 2.81 bits per heavy atom. The van der Waals surface area contributed by atoms with Gasteiger partial charge in [-0.05, 0) is 37.8 Å². The second-order valence-corrected chi connectivity index (χ2v) is 9.67. The fourth-order valence-corrected chi connectivity index (χ4v) is 5.74. The van der Waals surface area contributed by atoms with Crippen molar-refractivity contribution >= 4 is 23.4 Å². The zero-order chi connectivity index (χ0) is 25.6. The maximum absolute atomic E-state index is 14.4. The molecule has 36 heavy (non-hydrogen) atoms. The molecule has 5 rings (SSSR count). The van der Waals surface area contributed by atoms with Gasteiger partial charge >= 0.3 is 0 Å². The van der Waals surface area contributed by atoms with Crippen LogP contribution in [0.15, 0.2) is 30.6 Å². The van der Waals surface area contributed by atoms with E-state index >= 15 is 0 Å². The van der Waals surface area contributed by atoms with Crippen molar-refractivity contribution in [3.8, 4) is 17.1 Å². The Morgan fingerprint density at radius 1 is 1.28 bits per heavy atom. The number of halogens is 3. The third kappa shape index (κ3) is 4.17. The van der Waals surface area contributed by atoms with Gasteiger partial charge < -0.3 is 15.4 Å². The Labute approximate surface area is 210 Å². The molecule has 3 atom stereocenters. The number of primary amides is 1. The van der Waals surface area contributed by atoms with Gasteiger partial charge in [0.2, 0.25) is 11.8 Å². The second kappa shape index (κ2) is 9.12. The summed E-state index contributed by atoms with van der Waals surface area (Å²) in [4.78, 5) is 35.6. The highest BCUT2D eigenvalue weighted by atomic mass is 35.5. The lowest BCUT2D eigenvalue weighted by Gasteiger charge is -2.47. The first-order valence-electron chi connectivity index (χ1n) is 11.4. The number of methoxy groups -OCH3 is 1. The molecule has 0 radical (unpaired) electrons. The van der Waals surface area contributed by atoms with E-state index in [2.05, 4.69) is 20.2 Å². The number of nitrogens with zero attached hydrogens (tertiary/aromatic N) is 4. The number of ether oxygens (including phenoxy) is 1. The molecule has 12 heteroatoms. The number of amides is 2. The summed E-state index contributed by atoms with van der Waals surface area (Å²) in [5.41, 5.74) is 5.81. The van der Waals surface area contributed by atoms with Gasteiger partial charge in [0.05, 0.1) is 35.9 Å². The van der Waals surface area contributed by atoms with Gasteiger partial charge in [0.1, 0.15) is 5.82 Å². The molecule has 9 nitrogen and oxygen atoms in total. The Balaban J connectivity index is 1.50. The quantitative estimate of drug-likeness (QED) is 0.517. The van der Waals surface area contributed by atoms with Crippen molar-refractivity contribution in [2.75, 3.05) is 7.11 Å². The topological polar surface area (TPSA) is 127 Å². The lowest BCUT2D eigenvalue weighted by molar-refractivity contribution is -0.125. The summed E-state index contributed by atoms with van der Waals surface area (Å²) in [6.07, 6.45) is 4.33. The molecule has 2 aliphatic heterocycles. The number of aromatic nitrogens is 4. The monoisotopic (exact) mass is 516 g/mol. The summed E-state index contributed by atoms with van der Waals surface area (Å²) in [7, 11) is 1.42. The van der Waals surface area contributed by atoms with Gasteiger partial charge in [-0.1, -0.05) is 11.6 Å². The maximum Gasteiger partial charge on any atom is 0.275 e. The first kappa shape index (κ1) is 24.1. The third-order valence-electron chi connectivity index (χ3n) is 7.13. The van der Waals surface area contributed by atoms with Gasteiger partial charge in [-0.2, -0.15) is 5.10 Å². The van der Waals surface area contributed by atoms with E-state index < -0.39 is 29.0 Å². The highest BCUT2D eigenvalue weighted by Crippen LogP contribution is 2.49. The van der Waals surface area contributed by atoms with Crippen LogP contribution < -0.4 is 10.5 Å². The van der Waals surface area contributed by atoms with Crippen LogP contribution in [-0.2, 0) is 11.2 Å². The van der Waals surface area contributed by atoms with Crippen LogP contribution in [0.3, 0.4) is 0 Å². The average molecular weight is 517 g/mol. The second-order valence-electron chi connectivity index (χ2n) is 9.26. The molecule has 0 aromatic carbocycles. The number of pyridine rings is 2. The van der Waals surface area contributed by atoms with Crippen LogP contribution in [0.25, 0.3) is 11.3 Å². The summed E-state index contributed by atoms with van der Waals surface area (Å²) in [6.45, 7) is 0. The van der Waals surface area contributed by atoms with E-state index in [1.165, 1.54) is 25.3 Å². The number of piperidine rings is 1. The minimum Gasteiger partial charge on any atom is -0.481 e. The summed E-state index contributed by atoms with van der Waals surface area (Å²) in [5, 5.41) is 7.02. The van der Waals surface area contributed by atoms with Gasteiger partial charge in [0.25, 0.3) is 5.91 Å². The number of carbonyl (C=O) groups excluding carboxylic acids is 2. The van der Waals surface area contributed by atoms with E-state index in [0.717, 1.165) is 12.4 Å². The van der Waals surface area contributed by atoms with Crippen LogP contribution in [0.4, 0.5) is 8.78 Å². The van der Waals surface area contributed by atoms with Gasteiger partial charge in [0, 0.05) is 35.5 Å². The molecule has 2 amide bonds. The number of H-pyrrole nitrogens is 1. The van der Waals surface area contributed by atoms with Crippen LogP contribution in [0.5, 0.6) is 5.88 Å². The van der Waals surface area contributed by atoms with E-state index in [1.807, 2.05) is 0 Å². The summed E-state index contributed by atoms with van der Waals surface area (Å²) >= 11 is 6.27. The van der Waals surface area contributed by atoms with E-state index in [1.54, 1.807) is 4.90 Å². The highest BCUT2D eigenvalue weighted by molar-refractivity contribution is 6.31. The van der Waals surface area contributed by atoms with E-state index in [4.69, 9.17) is 22.1 Å². The molecular weight excluding hydrogens is 494 g/mol. The van der Waals surface area contributed by atoms with Crippen LogP contribution >= 0.6 is 11.6 Å². The number of hydrogen-bond acceptors (Lipinski definition) is 6. The van der Waals surface area contributed by atoms with Crippen molar-refractivity contribution in [2.24, 2.45) is 11.7 Å². The number of fused-ring (bicyclic) bond motifs is 2. The van der Waals surface area contributed by atoms with Crippen LogP contribution in [-0.4, -0.2) is 55.6 Å². The average Bonchev–Trinajstić information content (AvgIpc) is 3.42. The molecule has 3 aromatic heterocycles. The molecule has 2 saturated heterocycles. The number of rotatable bonds is 6. The lowest BCUT2D eigenvalue weighted by Crippen LogP contribution is -2.58. The lowest BCUT2D eigenvalue weighted by atomic mass is 9.78. The van der Waals surface area contributed by atoms with E-state index in [0.29, 0.717) is 31.4 Å². The maximum atomic E-state index is 14.4. The predicted octanol–water partition coefficient (Wildman–Crippen LogP) is 3.29. The standard InChI is InChI=1S/C24H23ClF2N6O3/c1-36-21-6-15(17(27)11-30-21)18-7-19(32-31-18)23(35)33-14-2-3-24(33,8-12(4-14)22(28)34)9-20-16(25)5-13(26)10-29-20/h5-7,10-12,14H,2-4,8-9H2,1H3,(H2,28,34)(H,31,32). The molecule has 188 valence electrons. The smallest absolute Gasteiger partial charge is 0.275 e. The summed E-state index contributed by atoms with van der Waals surface area (Å²) in [6, 6.07) is 3.80. The Bertz CT molecular complexity index is 1350. The normalized spacial score (nSPS) is 23.1. The minimum atomic E-state index is -0.807. The number of carbonyl (C=O) groups is 2. The van der Waals surface area contributed by atoms with Crippen LogP contribution in [0.2, 0.25) is 5.02 Å². The van der Waals surface area contributed by atoms with Crippen molar-refractivity contribution in [1.82, 2.24) is 25.1 Å². The molecule has 3 aromatic rings. The number of aromatic amines is 1.